The predicted molar refractivity (Wildman–Crippen MR) is 287 cm³/mol. The van der Waals surface area contributed by atoms with Gasteiger partial charge in [0, 0.05) is 29.7 Å². The van der Waals surface area contributed by atoms with Crippen LogP contribution in [0.4, 0.5) is 0 Å². The number of ether oxygens (including phenoxy) is 7. The molecule has 0 aliphatic carbocycles. The number of hydrogen-bond acceptors (Lipinski definition) is 8. The first-order valence-corrected chi connectivity index (χ1v) is 24.2. The summed E-state index contributed by atoms with van der Waals surface area (Å²) in [6.45, 7) is 10.9. The molecule has 0 fully saturated rings. The van der Waals surface area contributed by atoms with E-state index in [4.69, 9.17) is 33.2 Å². The molecule has 5 aromatic heterocycles. The van der Waals surface area contributed by atoms with Gasteiger partial charge in [0.2, 0.25) is 30.1 Å². The molecule has 14 rings (SSSR count). The molecule has 0 spiro atoms. The second kappa shape index (κ2) is 17.5. The number of benzene rings is 7. The summed E-state index contributed by atoms with van der Waals surface area (Å²) in [7, 11) is 7.21. The highest BCUT2D eigenvalue weighted by Gasteiger charge is 2.25. The lowest BCUT2D eigenvalue weighted by Gasteiger charge is -2.10. The van der Waals surface area contributed by atoms with Gasteiger partial charge in [0.15, 0.2) is 47.8 Å². The molecule has 0 radical (unpaired) electrons. The van der Waals surface area contributed by atoms with Crippen LogP contribution in [-0.4, -0.2) is 40.0 Å². The zero-order chi connectivity index (χ0) is 50.4. The average Bonchev–Trinajstić information content (AvgIpc) is 4.08. The molecule has 12 aromatic rings. The van der Waals surface area contributed by atoms with E-state index in [1.165, 1.54) is 27.3 Å². The molecule has 11 nitrogen and oxygen atoms in total. The number of fused-ring (bicyclic) bond motifs is 16. The van der Waals surface area contributed by atoms with Crippen LogP contribution in [0.25, 0.3) is 86.6 Å². The van der Waals surface area contributed by atoms with Crippen LogP contribution in [0.15, 0.2) is 134 Å². The van der Waals surface area contributed by atoms with Gasteiger partial charge in [-0.15, -0.1) is 4.40 Å². The molecule has 0 saturated carbocycles. The van der Waals surface area contributed by atoms with E-state index in [2.05, 4.69) is 151 Å². The maximum absolute atomic E-state index is 10.1. The summed E-state index contributed by atoms with van der Waals surface area (Å²) in [6, 6.07) is 37.8. The van der Waals surface area contributed by atoms with Crippen molar-refractivity contribution < 1.29 is 51.6 Å². The van der Waals surface area contributed by atoms with Gasteiger partial charge in [-0.1, -0.05) is 24.3 Å². The van der Waals surface area contributed by atoms with Crippen molar-refractivity contribution in [3.63, 3.8) is 0 Å². The third kappa shape index (κ3) is 7.45. The first-order chi connectivity index (χ1) is 35.4. The van der Waals surface area contributed by atoms with Crippen LogP contribution in [0, 0.1) is 34.6 Å². The Balaban J connectivity index is 0.000000112. The van der Waals surface area contributed by atoms with Crippen molar-refractivity contribution in [3.8, 4) is 46.1 Å². The minimum absolute atomic E-state index is 0.275. The van der Waals surface area contributed by atoms with E-state index >= 15 is 0 Å². The highest BCUT2D eigenvalue weighted by Crippen LogP contribution is 2.43. The van der Waals surface area contributed by atoms with Crippen molar-refractivity contribution >= 4 is 86.6 Å². The summed E-state index contributed by atoms with van der Waals surface area (Å²) in [5.74, 6) is 6.22. The Morgan fingerprint density at radius 3 is 1.90 bits per heavy atom. The Morgan fingerprint density at radius 2 is 1.11 bits per heavy atom. The number of rotatable bonds is 3. The third-order valence-corrected chi connectivity index (χ3v) is 14.7. The quantitative estimate of drug-likeness (QED) is 0.106. The monoisotopic (exact) mass is 968 g/mol. The lowest BCUT2D eigenvalue weighted by Crippen LogP contribution is -2.28. The Bertz CT molecular complexity index is 4320. The fourth-order valence-electron chi connectivity index (χ4n) is 10.8. The Kier molecular flexibility index (Phi) is 10.9. The molecule has 0 bridgehead atoms. The van der Waals surface area contributed by atoms with Crippen molar-refractivity contribution in [1.82, 2.24) is 0 Å². The largest absolute Gasteiger partial charge is 0.508 e. The van der Waals surface area contributed by atoms with Crippen molar-refractivity contribution in [2.75, 3.05) is 34.9 Å². The van der Waals surface area contributed by atoms with Crippen molar-refractivity contribution in [3.05, 3.63) is 162 Å². The molecule has 7 aromatic carbocycles. The van der Waals surface area contributed by atoms with Gasteiger partial charge >= 0.3 is 5.88 Å². The second-order valence-corrected chi connectivity index (χ2v) is 19.1. The topological polar surface area (TPSA) is 96.9 Å². The second-order valence-electron chi connectivity index (χ2n) is 19.1. The summed E-state index contributed by atoms with van der Waals surface area (Å²) in [4.78, 5) is 0. The number of aromatic nitrogens is 3. The van der Waals surface area contributed by atoms with Gasteiger partial charge < -0.3 is 38.3 Å². The predicted octanol–water partition coefficient (Wildman–Crippen LogP) is 12.2. The van der Waals surface area contributed by atoms with Gasteiger partial charge in [-0.25, -0.2) is 0 Å². The van der Waals surface area contributed by atoms with E-state index in [1.54, 1.807) is 21.3 Å². The molecule has 2 aliphatic heterocycles. The van der Waals surface area contributed by atoms with E-state index < -0.39 is 0 Å². The molecular formula is C62H54N3O8+3. The fourth-order valence-corrected chi connectivity index (χ4v) is 10.8. The van der Waals surface area contributed by atoms with E-state index in [9.17, 15) is 5.11 Å². The molecule has 7 heterocycles. The highest BCUT2D eigenvalue weighted by atomic mass is 16.7. The van der Waals surface area contributed by atoms with Crippen LogP contribution < -0.4 is 46.5 Å². The van der Waals surface area contributed by atoms with E-state index in [-0.39, 0.29) is 13.6 Å². The van der Waals surface area contributed by atoms with Gasteiger partial charge in [-0.05, 0) is 150 Å². The van der Waals surface area contributed by atoms with Crippen LogP contribution in [0.2, 0.25) is 0 Å². The summed E-state index contributed by atoms with van der Waals surface area (Å²) in [5, 5.41) is 24.8. The molecule has 1 N–H and O–H groups in total. The normalized spacial score (nSPS) is 12.6. The SMILES string of the molecule is COc1c(C)ccc2cc3c4cc(O)c(C)cc4cc[n+]3cc12.COc1cc2c(cc[n+]3c(OC)c4cc(C)c(C)cc4cc23)cc1C.C[n+]1cc2c3c(ccc2c2ccc4cc5c(cc4c21)OCO5)OCO3. The van der Waals surface area contributed by atoms with Crippen LogP contribution in [-0.2, 0) is 7.05 Å². The molecule has 11 heteroatoms. The zero-order valence-corrected chi connectivity index (χ0v) is 42.3. The number of nitrogens with zero attached hydrogens (tertiary/aromatic N) is 3. The standard InChI is InChI=1S/C22H22NO2.C20H14NO4.C20H17NO2/c1-13-8-17-11-20-18-12-21(24-4)15(3)9-16(18)6-7-23(20)22(25-5)19(17)10-14(13)2;1-21-8-15-12(4-5-16-20(15)25-10-22-16)13-3-2-11-6-17-18(24-9-23-17)7-14(11)19(13)21;1-12-4-5-14-9-18-16-10-19(22)13(2)8-15(16)6-7-21(18)11-17(14)20(12)23-3/h6-12H,1-5H3;2-8H,9-10H2,1H3;4-11H,1-3H3/q2*+1;/p+1. The van der Waals surface area contributed by atoms with Gasteiger partial charge in [0.1, 0.15) is 24.3 Å². The summed E-state index contributed by atoms with van der Waals surface area (Å²) < 4.78 is 45.6. The van der Waals surface area contributed by atoms with Crippen molar-refractivity contribution in [1.29, 1.82) is 0 Å². The first-order valence-electron chi connectivity index (χ1n) is 24.2. The number of hydrogen-bond donors (Lipinski definition) is 1. The van der Waals surface area contributed by atoms with Gasteiger partial charge in [-0.2, -0.15) is 8.97 Å². The van der Waals surface area contributed by atoms with Crippen LogP contribution in [0.5, 0.6) is 46.1 Å². The number of phenols is 1. The third-order valence-electron chi connectivity index (χ3n) is 14.7. The van der Waals surface area contributed by atoms with Crippen molar-refractivity contribution in [2.24, 2.45) is 7.05 Å². The number of aryl methyl sites for hydroxylation is 6. The number of methoxy groups -OCH3 is 3. The first kappa shape index (κ1) is 45.3. The summed E-state index contributed by atoms with van der Waals surface area (Å²) in [6.07, 6.45) is 8.33. The van der Waals surface area contributed by atoms with Gasteiger partial charge in [0.05, 0.1) is 59.0 Å². The van der Waals surface area contributed by atoms with E-state index in [1.807, 2.05) is 38.1 Å². The van der Waals surface area contributed by atoms with Crippen LogP contribution >= 0.6 is 0 Å². The summed E-state index contributed by atoms with van der Waals surface area (Å²) >= 11 is 0. The Hall–Kier alpha value is -8.83. The van der Waals surface area contributed by atoms with E-state index in [0.29, 0.717) is 5.75 Å². The Labute approximate surface area is 421 Å². The lowest BCUT2D eigenvalue weighted by atomic mass is 10.00. The van der Waals surface area contributed by atoms with Gasteiger partial charge in [-0.3, -0.25) is 0 Å². The maximum Gasteiger partial charge on any atom is 0.381 e. The molecule has 2 aliphatic rings. The lowest BCUT2D eigenvalue weighted by molar-refractivity contribution is -0.642. The minimum atomic E-state index is 0.275. The molecular weight excluding hydrogens is 915 g/mol. The average molecular weight is 969 g/mol. The van der Waals surface area contributed by atoms with Gasteiger partial charge in [0.25, 0.3) is 0 Å². The molecule has 0 unspecified atom stereocenters. The zero-order valence-electron chi connectivity index (χ0n) is 42.3. The number of aromatic hydroxyl groups is 1. The highest BCUT2D eigenvalue weighted by molar-refractivity contribution is 6.15. The number of phenolic OH excluding ortho intramolecular Hbond substituents is 1. The molecule has 0 saturated heterocycles. The molecule has 73 heavy (non-hydrogen) atoms. The van der Waals surface area contributed by atoms with E-state index in [0.717, 1.165) is 127 Å². The minimum Gasteiger partial charge on any atom is -0.508 e. The number of pyridine rings is 5. The summed E-state index contributed by atoms with van der Waals surface area (Å²) in [5.41, 5.74) is 9.03. The van der Waals surface area contributed by atoms with Crippen LogP contribution in [0.1, 0.15) is 27.8 Å². The fraction of sp³-hybridized carbons (Fsp3) is 0.177. The smallest absolute Gasteiger partial charge is 0.381 e. The Morgan fingerprint density at radius 1 is 0.452 bits per heavy atom. The maximum atomic E-state index is 10.1. The van der Waals surface area contributed by atoms with Crippen LogP contribution in [0.3, 0.4) is 0 Å². The molecule has 0 amide bonds. The van der Waals surface area contributed by atoms with Crippen molar-refractivity contribution in [2.45, 2.75) is 34.6 Å². The molecule has 0 atom stereocenters. The molecule has 362 valence electrons.